The molecule has 1 aliphatic rings. The number of amides is 1. The molecule has 0 bridgehead atoms. The smallest absolute Gasteiger partial charge is 0.220 e. The number of hydrogen-bond acceptors (Lipinski definition) is 3. The Morgan fingerprint density at radius 3 is 2.52 bits per heavy atom. The van der Waals surface area contributed by atoms with Gasteiger partial charge in [0, 0.05) is 24.7 Å². The Morgan fingerprint density at radius 2 is 1.93 bits per heavy atom. The topological polar surface area (TPSA) is 72.9 Å². The molecular weight excluding hydrogens is 360 g/mol. The van der Waals surface area contributed by atoms with Crippen LogP contribution in [0.2, 0.25) is 0 Å². The molecule has 1 aromatic carbocycles. The summed E-state index contributed by atoms with van der Waals surface area (Å²) in [6.45, 7) is 7.50. The highest BCUT2D eigenvalue weighted by atomic mass is 35.5. The highest BCUT2D eigenvalue weighted by molar-refractivity contribution is 5.85. The number of aryl methyl sites for hydroxylation is 2. The van der Waals surface area contributed by atoms with E-state index in [1.54, 1.807) is 0 Å². The lowest BCUT2D eigenvalue weighted by molar-refractivity contribution is -0.121. The first kappa shape index (κ1) is 21.5. The van der Waals surface area contributed by atoms with Crippen LogP contribution in [0.5, 0.6) is 0 Å². The number of carbonyl (C=O) groups is 1. The molecule has 6 heteroatoms. The van der Waals surface area contributed by atoms with Gasteiger partial charge in [-0.2, -0.15) is 5.10 Å². The zero-order valence-corrected chi connectivity index (χ0v) is 17.3. The minimum Gasteiger partial charge on any atom is -0.352 e. The van der Waals surface area contributed by atoms with Crippen molar-refractivity contribution in [2.45, 2.75) is 59.0 Å². The van der Waals surface area contributed by atoms with Crippen LogP contribution in [0.1, 0.15) is 47.3 Å². The predicted octanol–water partition coefficient (Wildman–Crippen LogP) is 3.06. The first-order valence-electron chi connectivity index (χ1n) is 9.55. The van der Waals surface area contributed by atoms with Gasteiger partial charge in [0.2, 0.25) is 5.91 Å². The average molecular weight is 391 g/mol. The van der Waals surface area contributed by atoms with Crippen LogP contribution in [0.4, 0.5) is 0 Å². The molecule has 1 unspecified atom stereocenters. The van der Waals surface area contributed by atoms with Gasteiger partial charge in [0.05, 0.1) is 12.2 Å². The largest absolute Gasteiger partial charge is 0.352 e. The van der Waals surface area contributed by atoms with E-state index in [0.717, 1.165) is 24.4 Å². The van der Waals surface area contributed by atoms with Crippen molar-refractivity contribution < 1.29 is 4.79 Å². The molecule has 148 valence electrons. The van der Waals surface area contributed by atoms with Gasteiger partial charge in [-0.3, -0.25) is 9.48 Å². The molecule has 1 fully saturated rings. The number of hydrogen-bond donors (Lipinski definition) is 2. The molecule has 1 heterocycles. The summed E-state index contributed by atoms with van der Waals surface area (Å²) >= 11 is 0. The number of nitrogens with two attached hydrogens (primary N) is 1. The maximum atomic E-state index is 12.3. The molecular formula is C21H31ClN4O. The van der Waals surface area contributed by atoms with Crippen molar-refractivity contribution >= 4 is 18.3 Å². The summed E-state index contributed by atoms with van der Waals surface area (Å²) in [5, 5.41) is 7.78. The third-order valence-corrected chi connectivity index (χ3v) is 5.38. The maximum Gasteiger partial charge on any atom is 0.220 e. The lowest BCUT2D eigenvalue weighted by atomic mass is 10.1. The molecule has 1 aromatic heterocycles. The van der Waals surface area contributed by atoms with Crippen LogP contribution in [0.25, 0.3) is 0 Å². The van der Waals surface area contributed by atoms with Gasteiger partial charge in [-0.25, -0.2) is 0 Å². The zero-order chi connectivity index (χ0) is 18.7. The third-order valence-electron chi connectivity index (χ3n) is 5.38. The van der Waals surface area contributed by atoms with Crippen LogP contribution in [0.15, 0.2) is 24.3 Å². The van der Waals surface area contributed by atoms with Crippen LogP contribution in [-0.2, 0) is 17.8 Å². The van der Waals surface area contributed by atoms with E-state index in [2.05, 4.69) is 48.5 Å². The second kappa shape index (κ2) is 9.38. The van der Waals surface area contributed by atoms with Crippen LogP contribution >= 0.6 is 12.4 Å². The van der Waals surface area contributed by atoms with Gasteiger partial charge in [-0.1, -0.05) is 29.8 Å². The number of halogens is 1. The Hall–Kier alpha value is -1.85. The van der Waals surface area contributed by atoms with Gasteiger partial charge in [0.1, 0.15) is 0 Å². The number of benzene rings is 1. The quantitative estimate of drug-likeness (QED) is 0.727. The van der Waals surface area contributed by atoms with Crippen LogP contribution in [0, 0.1) is 26.7 Å². The fourth-order valence-corrected chi connectivity index (χ4v) is 3.50. The van der Waals surface area contributed by atoms with Gasteiger partial charge in [0.15, 0.2) is 0 Å². The molecule has 5 nitrogen and oxygen atoms in total. The number of carbonyl (C=O) groups excluding carboxylic acids is 1. The minimum absolute atomic E-state index is 0. The van der Waals surface area contributed by atoms with Gasteiger partial charge >= 0.3 is 0 Å². The molecule has 0 aliphatic heterocycles. The fraction of sp³-hybridized carbons (Fsp3) is 0.524. The lowest BCUT2D eigenvalue weighted by Gasteiger charge is -2.16. The van der Waals surface area contributed by atoms with Gasteiger partial charge < -0.3 is 11.1 Å². The van der Waals surface area contributed by atoms with Crippen LogP contribution in [0.3, 0.4) is 0 Å². The summed E-state index contributed by atoms with van der Waals surface area (Å²) in [4.78, 5) is 12.3. The highest BCUT2D eigenvalue weighted by Crippen LogP contribution is 2.32. The molecule has 1 atom stereocenters. The lowest BCUT2D eigenvalue weighted by Crippen LogP contribution is -2.41. The number of nitrogens with one attached hydrogen (secondary N) is 1. The molecule has 1 aliphatic carbocycles. The summed E-state index contributed by atoms with van der Waals surface area (Å²) in [6, 6.07) is 8.68. The molecule has 2 aromatic rings. The van der Waals surface area contributed by atoms with Crippen LogP contribution in [-0.4, -0.2) is 28.3 Å². The minimum atomic E-state index is 0. The van der Waals surface area contributed by atoms with E-state index in [1.165, 1.54) is 29.5 Å². The maximum absolute atomic E-state index is 12.3. The SMILES string of the molecule is Cc1ccc(Cn2nc(C)c(CCC(=O)NC(CN)C3CC3)c2C)cc1.Cl. The molecule has 27 heavy (non-hydrogen) atoms. The van der Waals surface area contributed by atoms with Crippen molar-refractivity contribution in [3.8, 4) is 0 Å². The molecule has 0 radical (unpaired) electrons. The van der Waals surface area contributed by atoms with Crippen molar-refractivity contribution in [1.29, 1.82) is 0 Å². The number of aromatic nitrogens is 2. The summed E-state index contributed by atoms with van der Waals surface area (Å²) in [6.07, 6.45) is 3.58. The van der Waals surface area contributed by atoms with E-state index in [0.29, 0.717) is 18.9 Å². The van der Waals surface area contributed by atoms with Crippen molar-refractivity contribution in [2.75, 3.05) is 6.54 Å². The molecule has 0 saturated heterocycles. The van der Waals surface area contributed by atoms with E-state index >= 15 is 0 Å². The van der Waals surface area contributed by atoms with Gasteiger partial charge in [0.25, 0.3) is 0 Å². The van der Waals surface area contributed by atoms with E-state index < -0.39 is 0 Å². The first-order valence-corrected chi connectivity index (χ1v) is 9.55. The number of rotatable bonds is 8. The first-order chi connectivity index (χ1) is 12.5. The number of nitrogens with zero attached hydrogens (tertiary/aromatic N) is 2. The normalized spacial score (nSPS) is 14.5. The molecule has 3 rings (SSSR count). The second-order valence-electron chi connectivity index (χ2n) is 7.54. The second-order valence-corrected chi connectivity index (χ2v) is 7.54. The Balaban J connectivity index is 0.00000261. The Kier molecular flexibility index (Phi) is 7.45. The fourth-order valence-electron chi connectivity index (χ4n) is 3.50. The van der Waals surface area contributed by atoms with Gasteiger partial charge in [-0.15, -0.1) is 12.4 Å². The Labute approximate surface area is 168 Å². The molecule has 0 spiro atoms. The summed E-state index contributed by atoms with van der Waals surface area (Å²) < 4.78 is 2.04. The van der Waals surface area contributed by atoms with E-state index in [1.807, 2.05) is 11.6 Å². The zero-order valence-electron chi connectivity index (χ0n) is 16.5. The summed E-state index contributed by atoms with van der Waals surface area (Å²) in [7, 11) is 0. The van der Waals surface area contributed by atoms with Gasteiger partial charge in [-0.05, 0) is 57.1 Å². The van der Waals surface area contributed by atoms with E-state index in [-0.39, 0.29) is 24.4 Å². The van der Waals surface area contributed by atoms with E-state index in [9.17, 15) is 4.79 Å². The summed E-state index contributed by atoms with van der Waals surface area (Å²) in [5.41, 5.74) is 11.6. The Bertz CT molecular complexity index is 765. The van der Waals surface area contributed by atoms with Crippen LogP contribution < -0.4 is 11.1 Å². The molecule has 3 N–H and O–H groups in total. The van der Waals surface area contributed by atoms with Crippen molar-refractivity contribution in [1.82, 2.24) is 15.1 Å². The molecule has 1 amide bonds. The third kappa shape index (κ3) is 5.56. The Morgan fingerprint density at radius 1 is 1.26 bits per heavy atom. The standard InChI is InChI=1S/C21H30N4O.ClH/c1-14-4-6-17(7-5-14)13-25-16(3)19(15(2)24-25)10-11-21(26)23-20(12-22)18-8-9-18;/h4-7,18,20H,8-13,22H2,1-3H3,(H,23,26);1H. The monoisotopic (exact) mass is 390 g/mol. The van der Waals surface area contributed by atoms with Crippen molar-refractivity contribution in [3.63, 3.8) is 0 Å². The summed E-state index contributed by atoms with van der Waals surface area (Å²) in [5.74, 6) is 0.683. The van der Waals surface area contributed by atoms with Crippen molar-refractivity contribution in [3.05, 3.63) is 52.3 Å². The van der Waals surface area contributed by atoms with E-state index in [4.69, 9.17) is 5.73 Å². The highest BCUT2D eigenvalue weighted by Gasteiger charge is 2.31. The van der Waals surface area contributed by atoms with Crippen molar-refractivity contribution in [2.24, 2.45) is 11.7 Å². The predicted molar refractivity (Wildman–Crippen MR) is 111 cm³/mol. The molecule has 1 saturated carbocycles. The average Bonchev–Trinajstić information content (AvgIpc) is 3.42.